The Labute approximate surface area is 160 Å². The van der Waals surface area contributed by atoms with Crippen LogP contribution in [0.5, 0.6) is 5.75 Å². The van der Waals surface area contributed by atoms with Gasteiger partial charge in [0.1, 0.15) is 11.6 Å². The normalized spacial score (nSPS) is 17.0. The summed E-state index contributed by atoms with van der Waals surface area (Å²) < 4.78 is 5.60. The standard InChI is InChI=1S/C19H17Cl2N3O2/c20-12-7-8-13(21)17(10-12)26-11-18(25)24-9-3-6-16(24)19-22-14-4-1-2-5-15(14)23-19/h1-2,4-5,7-8,10,16H,3,6,9,11H2,(H,22,23)/t16-/m0/s1. The Morgan fingerprint density at radius 3 is 2.96 bits per heavy atom. The molecule has 1 aliphatic rings. The number of imidazole rings is 1. The van der Waals surface area contributed by atoms with Crippen molar-refractivity contribution in [2.45, 2.75) is 18.9 Å². The molecule has 1 saturated heterocycles. The summed E-state index contributed by atoms with van der Waals surface area (Å²) in [5, 5.41) is 0.940. The van der Waals surface area contributed by atoms with Crippen molar-refractivity contribution in [1.82, 2.24) is 14.9 Å². The fourth-order valence-electron chi connectivity index (χ4n) is 3.29. The highest BCUT2D eigenvalue weighted by molar-refractivity contribution is 6.34. The number of amides is 1. The summed E-state index contributed by atoms with van der Waals surface area (Å²) in [6.45, 7) is 0.601. The molecule has 3 aromatic rings. The van der Waals surface area contributed by atoms with E-state index in [1.165, 1.54) is 0 Å². The van der Waals surface area contributed by atoms with Crippen LogP contribution in [0.4, 0.5) is 0 Å². The van der Waals surface area contributed by atoms with Gasteiger partial charge < -0.3 is 14.6 Å². The number of rotatable bonds is 4. The molecule has 2 heterocycles. The summed E-state index contributed by atoms with van der Waals surface area (Å²) in [7, 11) is 0. The Balaban J connectivity index is 1.49. The summed E-state index contributed by atoms with van der Waals surface area (Å²) in [4.78, 5) is 22.5. The van der Waals surface area contributed by atoms with E-state index in [1.54, 1.807) is 18.2 Å². The average molecular weight is 390 g/mol. The fraction of sp³-hybridized carbons (Fsp3) is 0.263. The second-order valence-electron chi connectivity index (χ2n) is 6.25. The van der Waals surface area contributed by atoms with Crippen LogP contribution in [0.2, 0.25) is 10.0 Å². The Kier molecular flexibility index (Phi) is 4.74. The van der Waals surface area contributed by atoms with Crippen LogP contribution < -0.4 is 4.74 Å². The molecule has 0 bridgehead atoms. The molecule has 0 unspecified atom stereocenters. The zero-order chi connectivity index (χ0) is 18.1. The predicted molar refractivity (Wildman–Crippen MR) is 102 cm³/mol. The molecule has 0 spiro atoms. The van der Waals surface area contributed by atoms with Gasteiger partial charge in [-0.3, -0.25) is 4.79 Å². The molecule has 0 radical (unpaired) electrons. The van der Waals surface area contributed by atoms with Crippen LogP contribution in [0.15, 0.2) is 42.5 Å². The minimum absolute atomic E-state index is 0.0617. The van der Waals surface area contributed by atoms with Crippen molar-refractivity contribution in [1.29, 1.82) is 0 Å². The third-order valence-electron chi connectivity index (χ3n) is 4.54. The van der Waals surface area contributed by atoms with Gasteiger partial charge in [-0.25, -0.2) is 4.98 Å². The second-order valence-corrected chi connectivity index (χ2v) is 7.09. The first-order chi connectivity index (χ1) is 12.6. The molecule has 0 saturated carbocycles. The van der Waals surface area contributed by atoms with Crippen LogP contribution in [0, 0.1) is 0 Å². The number of aromatic nitrogens is 2. The molecule has 1 aromatic heterocycles. The van der Waals surface area contributed by atoms with Gasteiger partial charge in [0.15, 0.2) is 6.61 Å². The summed E-state index contributed by atoms with van der Waals surface area (Å²) >= 11 is 12.0. The molecular formula is C19H17Cl2N3O2. The molecule has 0 aliphatic carbocycles. The van der Waals surface area contributed by atoms with Crippen LogP contribution in [-0.4, -0.2) is 33.9 Å². The first kappa shape index (κ1) is 17.2. The van der Waals surface area contributed by atoms with E-state index in [-0.39, 0.29) is 18.6 Å². The molecule has 7 heteroatoms. The molecule has 134 valence electrons. The van der Waals surface area contributed by atoms with Crippen LogP contribution >= 0.6 is 23.2 Å². The number of carbonyl (C=O) groups is 1. The number of para-hydroxylation sites is 2. The molecule has 1 amide bonds. The summed E-state index contributed by atoms with van der Waals surface area (Å²) in [5.74, 6) is 1.13. The van der Waals surface area contributed by atoms with E-state index < -0.39 is 0 Å². The lowest BCUT2D eigenvalue weighted by Crippen LogP contribution is -2.34. The molecule has 2 aromatic carbocycles. The van der Waals surface area contributed by atoms with Crippen molar-refractivity contribution in [2.24, 2.45) is 0 Å². The lowest BCUT2D eigenvalue weighted by Gasteiger charge is -2.23. The van der Waals surface area contributed by atoms with Crippen LogP contribution in [0.25, 0.3) is 11.0 Å². The molecule has 1 N–H and O–H groups in total. The van der Waals surface area contributed by atoms with E-state index >= 15 is 0 Å². The van der Waals surface area contributed by atoms with Gasteiger partial charge in [-0.15, -0.1) is 0 Å². The highest BCUT2D eigenvalue weighted by Gasteiger charge is 2.32. The Hall–Kier alpha value is -2.24. The number of carbonyl (C=O) groups excluding carboxylic acids is 1. The quantitative estimate of drug-likeness (QED) is 0.708. The van der Waals surface area contributed by atoms with Crippen LogP contribution in [-0.2, 0) is 4.79 Å². The Morgan fingerprint density at radius 2 is 2.12 bits per heavy atom. The minimum atomic E-state index is -0.0935. The smallest absolute Gasteiger partial charge is 0.261 e. The number of nitrogens with one attached hydrogen (secondary N) is 1. The van der Waals surface area contributed by atoms with E-state index in [0.717, 1.165) is 29.7 Å². The molecule has 26 heavy (non-hydrogen) atoms. The highest BCUT2D eigenvalue weighted by Crippen LogP contribution is 2.32. The lowest BCUT2D eigenvalue weighted by atomic mass is 10.2. The van der Waals surface area contributed by atoms with Crippen molar-refractivity contribution in [3.63, 3.8) is 0 Å². The topological polar surface area (TPSA) is 58.2 Å². The summed E-state index contributed by atoms with van der Waals surface area (Å²) in [6.07, 6.45) is 1.81. The van der Waals surface area contributed by atoms with Gasteiger partial charge in [-0.05, 0) is 37.1 Å². The predicted octanol–water partition coefficient (Wildman–Crippen LogP) is 4.61. The van der Waals surface area contributed by atoms with Gasteiger partial charge in [0.25, 0.3) is 5.91 Å². The SMILES string of the molecule is O=C(COc1cc(Cl)ccc1Cl)N1CCC[C@H]1c1nc2ccccc2[nH]1. The third kappa shape index (κ3) is 3.37. The van der Waals surface area contributed by atoms with Crippen molar-refractivity contribution in [3.05, 3.63) is 58.3 Å². The number of fused-ring (bicyclic) bond motifs is 1. The number of aromatic amines is 1. The van der Waals surface area contributed by atoms with Crippen molar-refractivity contribution in [2.75, 3.05) is 13.2 Å². The number of nitrogens with zero attached hydrogens (tertiary/aromatic N) is 2. The number of halogens is 2. The monoisotopic (exact) mass is 389 g/mol. The Bertz CT molecular complexity index is 924. The van der Waals surface area contributed by atoms with Gasteiger partial charge in [0, 0.05) is 17.6 Å². The highest BCUT2D eigenvalue weighted by atomic mass is 35.5. The first-order valence-corrected chi connectivity index (χ1v) is 9.19. The van der Waals surface area contributed by atoms with Crippen molar-refractivity contribution in [3.8, 4) is 5.75 Å². The number of hydrogen-bond acceptors (Lipinski definition) is 3. The summed E-state index contributed by atoms with van der Waals surface area (Å²) in [6, 6.07) is 12.7. The number of ether oxygens (including phenoxy) is 1. The number of likely N-dealkylation sites (tertiary alicyclic amines) is 1. The van der Waals surface area contributed by atoms with Gasteiger partial charge >= 0.3 is 0 Å². The van der Waals surface area contributed by atoms with Crippen LogP contribution in [0.3, 0.4) is 0 Å². The maximum Gasteiger partial charge on any atom is 0.261 e. The zero-order valence-electron chi connectivity index (χ0n) is 13.9. The molecular weight excluding hydrogens is 373 g/mol. The molecule has 5 nitrogen and oxygen atoms in total. The number of H-pyrrole nitrogens is 1. The maximum absolute atomic E-state index is 12.7. The van der Waals surface area contributed by atoms with Gasteiger partial charge in [0.05, 0.1) is 22.1 Å². The van der Waals surface area contributed by atoms with E-state index in [9.17, 15) is 4.79 Å². The fourth-order valence-corrected chi connectivity index (χ4v) is 3.62. The number of hydrogen-bond donors (Lipinski definition) is 1. The van der Waals surface area contributed by atoms with E-state index in [1.807, 2.05) is 29.2 Å². The van der Waals surface area contributed by atoms with Gasteiger partial charge in [0.2, 0.25) is 0 Å². The Morgan fingerprint density at radius 1 is 1.27 bits per heavy atom. The van der Waals surface area contributed by atoms with E-state index in [2.05, 4.69) is 9.97 Å². The molecule has 1 aliphatic heterocycles. The molecule has 1 fully saturated rings. The largest absolute Gasteiger partial charge is 0.482 e. The number of benzene rings is 2. The summed E-state index contributed by atoms with van der Waals surface area (Å²) in [5.41, 5.74) is 1.88. The molecule has 4 rings (SSSR count). The van der Waals surface area contributed by atoms with Crippen molar-refractivity contribution < 1.29 is 9.53 Å². The second kappa shape index (κ2) is 7.17. The minimum Gasteiger partial charge on any atom is -0.482 e. The van der Waals surface area contributed by atoms with Crippen molar-refractivity contribution >= 4 is 40.1 Å². The van der Waals surface area contributed by atoms with Gasteiger partial charge in [-0.2, -0.15) is 0 Å². The molecule has 1 atom stereocenters. The van der Waals surface area contributed by atoms with E-state index in [4.69, 9.17) is 27.9 Å². The third-order valence-corrected chi connectivity index (χ3v) is 5.09. The van der Waals surface area contributed by atoms with Gasteiger partial charge in [-0.1, -0.05) is 35.3 Å². The van der Waals surface area contributed by atoms with E-state index in [0.29, 0.717) is 22.3 Å². The zero-order valence-corrected chi connectivity index (χ0v) is 15.4. The lowest BCUT2D eigenvalue weighted by molar-refractivity contribution is -0.134. The first-order valence-electron chi connectivity index (χ1n) is 8.44. The van der Waals surface area contributed by atoms with Crippen LogP contribution in [0.1, 0.15) is 24.7 Å². The maximum atomic E-state index is 12.7. The average Bonchev–Trinajstić information content (AvgIpc) is 3.28.